The van der Waals surface area contributed by atoms with E-state index < -0.39 is 16.1 Å². The molecule has 2 aromatic rings. The second kappa shape index (κ2) is 12.0. The maximum Gasteiger partial charge on any atom is 0.247 e. The minimum atomic E-state index is -3.88. The van der Waals surface area contributed by atoms with Gasteiger partial charge in [0.15, 0.2) is 11.5 Å². The topological polar surface area (TPSA) is 88.5 Å². The van der Waals surface area contributed by atoms with Crippen molar-refractivity contribution >= 4 is 10.0 Å². The summed E-state index contributed by atoms with van der Waals surface area (Å²) in [5, 5.41) is 9.86. The van der Waals surface area contributed by atoms with Gasteiger partial charge < -0.3 is 19.3 Å². The first kappa shape index (κ1) is 28.2. The molecule has 0 radical (unpaired) electrons. The number of hydrogen-bond acceptors (Lipinski definition) is 7. The lowest BCUT2D eigenvalue weighted by Crippen LogP contribution is -2.49. The molecule has 8 nitrogen and oxygen atoms in total. The van der Waals surface area contributed by atoms with Crippen LogP contribution in [0.25, 0.3) is 0 Å². The van der Waals surface area contributed by atoms with Gasteiger partial charge in [-0.25, -0.2) is 8.42 Å². The molecule has 2 aliphatic heterocycles. The summed E-state index contributed by atoms with van der Waals surface area (Å²) in [6, 6.07) is 10.4. The van der Waals surface area contributed by atoms with Crippen molar-refractivity contribution in [2.75, 3.05) is 33.5 Å². The first-order valence-corrected chi connectivity index (χ1v) is 14.5. The highest BCUT2D eigenvalue weighted by molar-refractivity contribution is 7.89. The molecule has 2 aromatic carbocycles. The fourth-order valence-electron chi connectivity index (χ4n) is 4.60. The third kappa shape index (κ3) is 6.44. The molecule has 9 heteroatoms. The summed E-state index contributed by atoms with van der Waals surface area (Å²) in [5.74, 6) is 8.40. The number of likely N-dealkylation sites (N-methyl/N-ethyl adjacent to an activating group) is 1. The predicted molar refractivity (Wildman–Crippen MR) is 146 cm³/mol. The zero-order chi connectivity index (χ0) is 27.4. The SMILES string of the molecule is CC(C)CC#Cc1ccc2c(c1)O[C@@H](CN(C)Cc1ccc3c(c1)OCO3)[C@@H](C)CN([C@@H](C)CO)S2(=O)=O. The average Bonchev–Trinajstić information content (AvgIpc) is 3.33. The van der Waals surface area contributed by atoms with Crippen molar-refractivity contribution in [1.29, 1.82) is 0 Å². The van der Waals surface area contributed by atoms with Gasteiger partial charge in [-0.3, -0.25) is 4.90 Å². The number of fused-ring (bicyclic) bond motifs is 2. The van der Waals surface area contributed by atoms with E-state index in [1.54, 1.807) is 25.1 Å². The molecule has 1 N–H and O–H groups in total. The summed E-state index contributed by atoms with van der Waals surface area (Å²) >= 11 is 0. The van der Waals surface area contributed by atoms with E-state index in [-0.39, 0.29) is 36.9 Å². The van der Waals surface area contributed by atoms with E-state index in [1.165, 1.54) is 4.31 Å². The molecule has 0 saturated carbocycles. The van der Waals surface area contributed by atoms with Crippen molar-refractivity contribution in [1.82, 2.24) is 9.21 Å². The van der Waals surface area contributed by atoms with Gasteiger partial charge in [0.05, 0.1) is 6.61 Å². The van der Waals surface area contributed by atoms with Crippen LogP contribution < -0.4 is 14.2 Å². The van der Waals surface area contributed by atoms with Gasteiger partial charge in [-0.2, -0.15) is 4.31 Å². The maximum atomic E-state index is 13.7. The predicted octanol–water partition coefficient (Wildman–Crippen LogP) is 3.71. The number of benzene rings is 2. The molecule has 0 bridgehead atoms. The molecule has 3 atom stereocenters. The maximum absolute atomic E-state index is 13.7. The second-order valence-electron chi connectivity index (χ2n) is 10.7. The Labute approximate surface area is 226 Å². The molecule has 2 aliphatic rings. The number of sulfonamides is 1. The van der Waals surface area contributed by atoms with Crippen LogP contribution in [0.5, 0.6) is 17.2 Å². The van der Waals surface area contributed by atoms with Crippen LogP contribution in [0, 0.1) is 23.7 Å². The molecular formula is C29H38N2O6S. The molecule has 0 aromatic heterocycles. The largest absolute Gasteiger partial charge is 0.487 e. The Kier molecular flexibility index (Phi) is 8.89. The van der Waals surface area contributed by atoms with Crippen molar-refractivity contribution in [3.8, 4) is 29.1 Å². The zero-order valence-corrected chi connectivity index (χ0v) is 23.6. The van der Waals surface area contributed by atoms with Crippen LogP contribution in [0.15, 0.2) is 41.3 Å². The Hall–Kier alpha value is -2.77. The summed E-state index contributed by atoms with van der Waals surface area (Å²) in [6.45, 7) is 9.35. The fourth-order valence-corrected chi connectivity index (χ4v) is 6.43. The first-order valence-electron chi connectivity index (χ1n) is 13.1. The van der Waals surface area contributed by atoms with Gasteiger partial charge in [-0.05, 0) is 55.8 Å². The van der Waals surface area contributed by atoms with Gasteiger partial charge in [0.2, 0.25) is 16.8 Å². The Bertz CT molecular complexity index is 1300. The van der Waals surface area contributed by atoms with Gasteiger partial charge in [0, 0.05) is 43.6 Å². The molecule has 0 fully saturated rings. The van der Waals surface area contributed by atoms with Crippen LogP contribution in [0.4, 0.5) is 0 Å². The van der Waals surface area contributed by atoms with Crippen molar-refractivity contribution < 1.29 is 27.7 Å². The molecule has 0 spiro atoms. The molecule has 0 amide bonds. The van der Waals surface area contributed by atoms with E-state index in [0.29, 0.717) is 30.3 Å². The molecule has 206 valence electrons. The summed E-state index contributed by atoms with van der Waals surface area (Å²) in [4.78, 5) is 2.25. The van der Waals surface area contributed by atoms with E-state index in [4.69, 9.17) is 14.2 Å². The summed E-state index contributed by atoms with van der Waals surface area (Å²) < 4.78 is 46.1. The monoisotopic (exact) mass is 542 g/mol. The van der Waals surface area contributed by atoms with E-state index in [2.05, 4.69) is 30.6 Å². The Morgan fingerprint density at radius 2 is 1.87 bits per heavy atom. The fraction of sp³-hybridized carbons (Fsp3) is 0.517. The Morgan fingerprint density at radius 3 is 2.61 bits per heavy atom. The number of aliphatic hydroxyl groups excluding tert-OH is 1. The van der Waals surface area contributed by atoms with Crippen LogP contribution >= 0.6 is 0 Å². The standard InChI is InChI=1S/C29H38N2O6S/c1-20(2)7-6-8-23-10-12-29-27(13-23)37-28(21(3)15-31(22(4)18-32)38(29,33)34)17-30(5)16-24-9-11-25-26(14-24)36-19-35-25/h9-14,20-22,28,32H,7,15-19H2,1-5H3/t21-,22-,28-/m0/s1. The molecular weight excluding hydrogens is 504 g/mol. The second-order valence-corrected chi connectivity index (χ2v) is 12.5. The first-order chi connectivity index (χ1) is 18.1. The molecule has 2 heterocycles. The lowest BCUT2D eigenvalue weighted by Gasteiger charge is -2.37. The minimum absolute atomic E-state index is 0.0996. The van der Waals surface area contributed by atoms with Crippen LogP contribution in [-0.4, -0.2) is 68.4 Å². The normalized spacial score (nSPS) is 21.2. The van der Waals surface area contributed by atoms with Crippen LogP contribution in [-0.2, 0) is 16.6 Å². The third-order valence-corrected chi connectivity index (χ3v) is 8.81. The Balaban J connectivity index is 1.63. The van der Waals surface area contributed by atoms with Crippen molar-refractivity contribution in [3.63, 3.8) is 0 Å². The van der Waals surface area contributed by atoms with Crippen molar-refractivity contribution in [3.05, 3.63) is 47.5 Å². The quantitative estimate of drug-likeness (QED) is 0.534. The number of nitrogens with zero attached hydrogens (tertiary/aromatic N) is 2. The molecule has 0 aliphatic carbocycles. The lowest BCUT2D eigenvalue weighted by atomic mass is 10.0. The van der Waals surface area contributed by atoms with Gasteiger partial charge in [0.1, 0.15) is 16.7 Å². The average molecular weight is 543 g/mol. The van der Waals surface area contributed by atoms with Gasteiger partial charge in [0.25, 0.3) is 0 Å². The number of ether oxygens (including phenoxy) is 3. The summed E-state index contributed by atoms with van der Waals surface area (Å²) in [6.07, 6.45) is 0.457. The number of rotatable bonds is 7. The van der Waals surface area contributed by atoms with Crippen molar-refractivity contribution in [2.45, 2.75) is 57.7 Å². The zero-order valence-electron chi connectivity index (χ0n) is 22.8. The van der Waals surface area contributed by atoms with Crippen LogP contribution in [0.3, 0.4) is 0 Å². The number of hydrogen-bond donors (Lipinski definition) is 1. The van der Waals surface area contributed by atoms with Crippen LogP contribution in [0.2, 0.25) is 0 Å². The number of aliphatic hydroxyl groups is 1. The highest BCUT2D eigenvalue weighted by Crippen LogP contribution is 2.35. The van der Waals surface area contributed by atoms with Crippen LogP contribution in [0.1, 0.15) is 45.2 Å². The molecule has 38 heavy (non-hydrogen) atoms. The smallest absolute Gasteiger partial charge is 0.247 e. The van der Waals surface area contributed by atoms with Crippen molar-refractivity contribution in [2.24, 2.45) is 11.8 Å². The van der Waals surface area contributed by atoms with E-state index in [1.807, 2.05) is 32.2 Å². The van der Waals surface area contributed by atoms with Gasteiger partial charge in [-0.1, -0.05) is 38.7 Å². The highest BCUT2D eigenvalue weighted by atomic mass is 32.2. The highest BCUT2D eigenvalue weighted by Gasteiger charge is 2.38. The van der Waals surface area contributed by atoms with E-state index >= 15 is 0 Å². The summed E-state index contributed by atoms with van der Waals surface area (Å²) in [7, 11) is -1.87. The van der Waals surface area contributed by atoms with E-state index in [0.717, 1.165) is 23.5 Å². The third-order valence-electron chi connectivity index (χ3n) is 6.79. The Morgan fingerprint density at radius 1 is 1.11 bits per heavy atom. The van der Waals surface area contributed by atoms with Gasteiger partial charge in [-0.15, -0.1) is 0 Å². The molecule has 4 rings (SSSR count). The van der Waals surface area contributed by atoms with Gasteiger partial charge >= 0.3 is 0 Å². The minimum Gasteiger partial charge on any atom is -0.487 e. The molecule has 0 unspecified atom stereocenters. The van der Waals surface area contributed by atoms with E-state index in [9.17, 15) is 13.5 Å². The molecule has 0 saturated heterocycles. The lowest BCUT2D eigenvalue weighted by molar-refractivity contribution is 0.0733. The summed E-state index contributed by atoms with van der Waals surface area (Å²) in [5.41, 5.74) is 1.79.